The summed E-state index contributed by atoms with van der Waals surface area (Å²) in [6, 6.07) is 2.48. The van der Waals surface area contributed by atoms with E-state index in [1.54, 1.807) is 0 Å². The molecule has 4 rings (SSSR count). The fourth-order valence-corrected chi connectivity index (χ4v) is 4.25. The zero-order valence-electron chi connectivity index (χ0n) is 19.5. The van der Waals surface area contributed by atoms with Crippen molar-refractivity contribution in [3.8, 4) is 11.6 Å². The molecule has 34 heavy (non-hydrogen) atoms. The average molecular weight is 477 g/mol. The number of amides is 1. The van der Waals surface area contributed by atoms with Crippen molar-refractivity contribution in [2.24, 2.45) is 11.8 Å². The number of rotatable bonds is 7. The van der Waals surface area contributed by atoms with Crippen molar-refractivity contribution in [1.82, 2.24) is 14.9 Å². The van der Waals surface area contributed by atoms with Crippen molar-refractivity contribution < 1.29 is 27.8 Å². The van der Waals surface area contributed by atoms with Gasteiger partial charge in [-0.2, -0.15) is 9.37 Å². The number of carbonyl (C=O) groups excluding carboxylic acids is 1. The third-order valence-electron chi connectivity index (χ3n) is 6.37. The van der Waals surface area contributed by atoms with Gasteiger partial charge in [0, 0.05) is 19.2 Å². The van der Waals surface area contributed by atoms with Crippen molar-refractivity contribution in [3.63, 3.8) is 0 Å². The molecular weight excluding hydrogens is 446 g/mol. The molecule has 1 aliphatic carbocycles. The zero-order valence-corrected chi connectivity index (χ0v) is 19.5. The molecule has 0 unspecified atom stereocenters. The van der Waals surface area contributed by atoms with Crippen LogP contribution >= 0.6 is 0 Å². The minimum atomic E-state index is -0.718. The number of ether oxygens (including phenoxy) is 3. The Bertz CT molecular complexity index is 1010. The molecule has 0 atom stereocenters. The number of hydrogen-bond donors (Lipinski definition) is 1. The standard InChI is InChI=1S/C24H30F2N4O4/c1-15-3-5-16(6-4-15)14-34-22-19(26)13-27-24(29-22)28-20-12-18(25)17(11-21(20)32-2)23(31)30-7-9-33-10-8-30/h11-13,15-16H,3-10,14H2,1-2H3,(H,27,28,29). The van der Waals surface area contributed by atoms with E-state index in [0.29, 0.717) is 44.7 Å². The Morgan fingerprint density at radius 2 is 1.91 bits per heavy atom. The maximum absolute atomic E-state index is 14.9. The van der Waals surface area contributed by atoms with Gasteiger partial charge in [-0.25, -0.2) is 9.37 Å². The van der Waals surface area contributed by atoms with Crippen LogP contribution in [0.2, 0.25) is 0 Å². The maximum atomic E-state index is 14.9. The Morgan fingerprint density at radius 3 is 2.62 bits per heavy atom. The zero-order chi connectivity index (χ0) is 24.1. The predicted octanol–water partition coefficient (Wildman–Crippen LogP) is 4.18. The van der Waals surface area contributed by atoms with Gasteiger partial charge >= 0.3 is 0 Å². The van der Waals surface area contributed by atoms with Crippen LogP contribution in [0.4, 0.5) is 20.4 Å². The number of nitrogens with zero attached hydrogens (tertiary/aromatic N) is 3. The van der Waals surface area contributed by atoms with Gasteiger partial charge in [-0.05, 0) is 30.7 Å². The Balaban J connectivity index is 1.47. The summed E-state index contributed by atoms with van der Waals surface area (Å²) in [5, 5.41) is 2.84. The average Bonchev–Trinajstić information content (AvgIpc) is 2.85. The second-order valence-corrected chi connectivity index (χ2v) is 8.85. The molecule has 2 aromatic rings. The van der Waals surface area contributed by atoms with Crippen molar-refractivity contribution in [3.05, 3.63) is 35.5 Å². The van der Waals surface area contributed by atoms with Crippen LogP contribution in [0.3, 0.4) is 0 Å². The van der Waals surface area contributed by atoms with Gasteiger partial charge in [-0.15, -0.1) is 0 Å². The number of methoxy groups -OCH3 is 1. The summed E-state index contributed by atoms with van der Waals surface area (Å²) >= 11 is 0. The molecule has 8 nitrogen and oxygen atoms in total. The van der Waals surface area contributed by atoms with Gasteiger partial charge in [0.2, 0.25) is 11.8 Å². The van der Waals surface area contributed by atoms with E-state index in [1.165, 1.54) is 18.1 Å². The number of halogens is 2. The number of morpholine rings is 1. The molecule has 1 saturated carbocycles. The number of nitrogens with one attached hydrogen (secondary N) is 1. The number of carbonyl (C=O) groups is 1. The molecule has 10 heteroatoms. The lowest BCUT2D eigenvalue weighted by Crippen LogP contribution is -2.41. The highest BCUT2D eigenvalue weighted by Gasteiger charge is 2.24. The maximum Gasteiger partial charge on any atom is 0.257 e. The molecule has 1 aromatic heterocycles. The van der Waals surface area contributed by atoms with E-state index < -0.39 is 17.5 Å². The third-order valence-corrected chi connectivity index (χ3v) is 6.37. The Hall–Kier alpha value is -3.01. The number of hydrogen-bond acceptors (Lipinski definition) is 7. The van der Waals surface area contributed by atoms with Crippen LogP contribution < -0.4 is 14.8 Å². The largest absolute Gasteiger partial charge is 0.495 e. The highest BCUT2D eigenvalue weighted by Crippen LogP contribution is 2.32. The fraction of sp³-hybridized carbons (Fsp3) is 0.542. The Kier molecular flexibility index (Phi) is 7.77. The second kappa shape index (κ2) is 10.9. The SMILES string of the molecule is COc1cc(C(=O)N2CCOCC2)c(F)cc1Nc1ncc(F)c(OCC2CCC(C)CC2)n1. The smallest absolute Gasteiger partial charge is 0.257 e. The molecule has 184 valence electrons. The van der Waals surface area contributed by atoms with Gasteiger partial charge < -0.3 is 24.4 Å². The van der Waals surface area contributed by atoms with Crippen LogP contribution in [0, 0.1) is 23.5 Å². The van der Waals surface area contributed by atoms with Crippen molar-refractivity contribution in [1.29, 1.82) is 0 Å². The van der Waals surface area contributed by atoms with Crippen LogP contribution in [-0.4, -0.2) is 60.8 Å². The monoisotopic (exact) mass is 476 g/mol. The first-order chi connectivity index (χ1) is 16.4. The molecule has 2 heterocycles. The van der Waals surface area contributed by atoms with E-state index in [-0.39, 0.29) is 28.8 Å². The normalized spacial score (nSPS) is 20.6. The minimum Gasteiger partial charge on any atom is -0.495 e. The lowest BCUT2D eigenvalue weighted by Gasteiger charge is -2.27. The molecule has 2 aliphatic rings. The highest BCUT2D eigenvalue weighted by atomic mass is 19.1. The second-order valence-electron chi connectivity index (χ2n) is 8.85. The summed E-state index contributed by atoms with van der Waals surface area (Å²) in [6.07, 6.45) is 5.38. The van der Waals surface area contributed by atoms with E-state index >= 15 is 0 Å². The van der Waals surface area contributed by atoms with Crippen molar-refractivity contribution >= 4 is 17.5 Å². The first-order valence-electron chi connectivity index (χ1n) is 11.6. The van der Waals surface area contributed by atoms with Crippen molar-refractivity contribution in [2.45, 2.75) is 32.6 Å². The topological polar surface area (TPSA) is 85.8 Å². The summed E-state index contributed by atoms with van der Waals surface area (Å²) in [6.45, 7) is 4.24. The van der Waals surface area contributed by atoms with Gasteiger partial charge in [-0.1, -0.05) is 19.8 Å². The van der Waals surface area contributed by atoms with E-state index in [2.05, 4.69) is 22.2 Å². The van der Waals surface area contributed by atoms with Gasteiger partial charge in [0.1, 0.15) is 11.6 Å². The molecule has 1 aromatic carbocycles. The molecule has 2 fully saturated rings. The van der Waals surface area contributed by atoms with E-state index in [0.717, 1.165) is 37.9 Å². The fourth-order valence-electron chi connectivity index (χ4n) is 4.25. The van der Waals surface area contributed by atoms with Crippen LogP contribution in [0.15, 0.2) is 18.3 Å². The molecule has 0 radical (unpaired) electrons. The van der Waals surface area contributed by atoms with E-state index in [4.69, 9.17) is 14.2 Å². The first kappa shape index (κ1) is 24.1. The van der Waals surface area contributed by atoms with E-state index in [1.807, 2.05) is 0 Å². The van der Waals surface area contributed by atoms with Crippen LogP contribution in [-0.2, 0) is 4.74 Å². The summed E-state index contributed by atoms with van der Waals surface area (Å²) < 4.78 is 45.4. The Morgan fingerprint density at radius 1 is 1.18 bits per heavy atom. The molecule has 1 amide bonds. The molecule has 0 bridgehead atoms. The quantitative estimate of drug-likeness (QED) is 0.642. The van der Waals surface area contributed by atoms with Crippen LogP contribution in [0.5, 0.6) is 11.6 Å². The summed E-state index contributed by atoms with van der Waals surface area (Å²) in [5.41, 5.74) is 0.104. The summed E-state index contributed by atoms with van der Waals surface area (Å²) in [4.78, 5) is 22.3. The lowest BCUT2D eigenvalue weighted by atomic mass is 9.83. The molecule has 1 aliphatic heterocycles. The summed E-state index contributed by atoms with van der Waals surface area (Å²) in [5.74, 6) is -0.639. The number of anilines is 2. The van der Waals surface area contributed by atoms with Gasteiger partial charge in [-0.3, -0.25) is 4.79 Å². The highest BCUT2D eigenvalue weighted by molar-refractivity contribution is 5.95. The minimum absolute atomic E-state index is 0.0265. The van der Waals surface area contributed by atoms with Crippen LogP contribution in [0.25, 0.3) is 0 Å². The molecule has 0 spiro atoms. The lowest BCUT2D eigenvalue weighted by molar-refractivity contribution is 0.0299. The van der Waals surface area contributed by atoms with Gasteiger partial charge in [0.25, 0.3) is 11.8 Å². The molecule has 1 saturated heterocycles. The van der Waals surface area contributed by atoms with Crippen LogP contribution in [0.1, 0.15) is 43.0 Å². The van der Waals surface area contributed by atoms with Crippen molar-refractivity contribution in [2.75, 3.05) is 45.3 Å². The number of benzene rings is 1. The number of aromatic nitrogens is 2. The molecule has 1 N–H and O–H groups in total. The molecular formula is C24H30F2N4O4. The summed E-state index contributed by atoms with van der Waals surface area (Å²) in [7, 11) is 1.41. The third kappa shape index (κ3) is 5.72. The predicted molar refractivity (Wildman–Crippen MR) is 122 cm³/mol. The first-order valence-corrected chi connectivity index (χ1v) is 11.6. The van der Waals surface area contributed by atoms with Gasteiger partial charge in [0.15, 0.2) is 0 Å². The Labute approximate surface area is 197 Å². The van der Waals surface area contributed by atoms with Gasteiger partial charge in [0.05, 0.1) is 44.4 Å². The van der Waals surface area contributed by atoms with E-state index in [9.17, 15) is 13.6 Å².